The quantitative estimate of drug-likeness (QED) is 0.307. The van der Waals surface area contributed by atoms with Crippen molar-refractivity contribution in [3.8, 4) is 0 Å². The van der Waals surface area contributed by atoms with Crippen molar-refractivity contribution in [3.05, 3.63) is 0 Å². The second-order valence-corrected chi connectivity index (χ2v) is 1.72. The second kappa shape index (κ2) is 7.01. The Morgan fingerprint density at radius 3 is 1.30 bits per heavy atom. The van der Waals surface area contributed by atoms with Crippen molar-refractivity contribution in [2.45, 2.75) is 0 Å². The number of carboxylic acid groups (broad SMARTS) is 2. The molecule has 0 atom stereocenters. The molecule has 0 aromatic rings. The Morgan fingerprint density at radius 2 is 1.30 bits per heavy atom. The van der Waals surface area contributed by atoms with Crippen LogP contribution >= 0.6 is 7.82 Å². The zero-order valence-corrected chi connectivity index (χ0v) is 6.34. The summed E-state index contributed by atoms with van der Waals surface area (Å²) in [6.45, 7) is 0. The topological polar surface area (TPSA) is 144 Å². The monoisotopic (exact) mass is 212 g/mol. The fraction of sp³-hybridized carbons (Fsp3) is 0. The van der Waals surface area contributed by atoms with Crippen LogP contribution in [0.1, 0.15) is 0 Å². The smallest absolute Gasteiger partial charge is 0.756 e. The molecule has 0 aliphatic heterocycles. The first kappa shape index (κ1) is 16.5. The largest absolute Gasteiger partial charge is 3.00 e. The number of phosphoric acid groups is 1. The molecule has 0 amide bonds. The Bertz CT molecular complexity index is 113. The first-order valence-electron chi connectivity index (χ1n) is 1.38. The van der Waals surface area contributed by atoms with Gasteiger partial charge in [-0.05, 0) is 6.16 Å². The van der Waals surface area contributed by atoms with E-state index in [-0.39, 0.29) is 17.1 Å². The SMILES string of the molecule is O=C([O-])[O-].O=P([O-])(O)O.[Mn+3]. The van der Waals surface area contributed by atoms with Crippen molar-refractivity contribution >= 4 is 14.0 Å². The number of hydrogen-bond acceptors (Lipinski definition) is 5. The van der Waals surface area contributed by atoms with Gasteiger partial charge in [-0.2, -0.15) is 0 Å². The van der Waals surface area contributed by atoms with Crippen LogP contribution in [-0.2, 0) is 21.6 Å². The van der Waals surface area contributed by atoms with Gasteiger partial charge in [-0.15, -0.1) is 0 Å². The molecule has 0 aliphatic rings. The molecule has 0 rings (SSSR count). The Balaban J connectivity index is -0.0000000910. The van der Waals surface area contributed by atoms with Crippen LogP contribution in [0.5, 0.6) is 0 Å². The molecule has 0 aromatic heterocycles. The molecule has 0 bridgehead atoms. The maximum Gasteiger partial charge on any atom is 3.00 e. The number of carbonyl (C=O) groups excluding carboxylic acids is 1. The number of hydrogen-bond donors (Lipinski definition) is 2. The van der Waals surface area contributed by atoms with Gasteiger partial charge in [0.2, 0.25) is 0 Å². The molecule has 9 heteroatoms. The van der Waals surface area contributed by atoms with Crippen LogP contribution in [0.3, 0.4) is 0 Å². The van der Waals surface area contributed by atoms with Crippen molar-refractivity contribution in [1.29, 1.82) is 0 Å². The molecule has 0 spiro atoms. The zero-order chi connectivity index (χ0) is 8.08. The van der Waals surface area contributed by atoms with E-state index in [0.717, 1.165) is 0 Å². The van der Waals surface area contributed by atoms with Crippen LogP contribution in [-0.4, -0.2) is 15.9 Å². The van der Waals surface area contributed by atoms with Gasteiger partial charge in [0.15, 0.2) is 0 Å². The maximum atomic E-state index is 8.77. The van der Waals surface area contributed by atoms with Crippen LogP contribution in [0.2, 0.25) is 0 Å². The van der Waals surface area contributed by atoms with E-state index in [0.29, 0.717) is 0 Å². The van der Waals surface area contributed by atoms with Crippen molar-refractivity contribution in [2.75, 3.05) is 0 Å². The third-order valence-electron chi connectivity index (χ3n) is 0. The van der Waals surface area contributed by atoms with Crippen LogP contribution in [0.15, 0.2) is 0 Å². The van der Waals surface area contributed by atoms with Crippen LogP contribution in [0, 0.1) is 0 Å². The minimum atomic E-state index is -4.89. The summed E-state index contributed by atoms with van der Waals surface area (Å²) in [6, 6.07) is 0. The van der Waals surface area contributed by atoms with Crippen molar-refractivity contribution in [3.63, 3.8) is 0 Å². The third-order valence-corrected chi connectivity index (χ3v) is 0. The molecule has 60 valence electrons. The molecule has 0 aliphatic carbocycles. The third kappa shape index (κ3) is 37200. The standard InChI is InChI=1S/CH2O3.Mn.H3O4P/c2-1(3)4;;1-5(2,3)4/h(H2,2,3,4);;(H3,1,2,3,4)/q;+3;/p-3. The molecule has 0 radical (unpaired) electrons. The van der Waals surface area contributed by atoms with Gasteiger partial charge in [0.25, 0.3) is 7.82 Å². The summed E-state index contributed by atoms with van der Waals surface area (Å²) in [7, 11) is -4.89. The Kier molecular flexibility index (Phi) is 11.5. The average molecular weight is 212 g/mol. The van der Waals surface area contributed by atoms with E-state index < -0.39 is 14.0 Å². The average Bonchev–Trinajstić information content (AvgIpc) is 1.19. The van der Waals surface area contributed by atoms with Crippen LogP contribution in [0.4, 0.5) is 4.79 Å². The number of carbonyl (C=O) groups is 1. The Hall–Kier alpha value is -0.101. The zero-order valence-electron chi connectivity index (χ0n) is 4.26. The molecule has 2 N–H and O–H groups in total. The van der Waals surface area contributed by atoms with E-state index in [2.05, 4.69) is 0 Å². The minimum Gasteiger partial charge on any atom is -0.756 e. The van der Waals surface area contributed by atoms with E-state index in [9.17, 15) is 0 Å². The van der Waals surface area contributed by atoms with E-state index >= 15 is 0 Å². The summed E-state index contributed by atoms with van der Waals surface area (Å²) in [6.07, 6.45) is -2.33. The first-order chi connectivity index (χ1) is 3.73. The summed E-state index contributed by atoms with van der Waals surface area (Å²) in [4.78, 5) is 31.3. The van der Waals surface area contributed by atoms with Crippen molar-refractivity contribution in [1.82, 2.24) is 0 Å². The van der Waals surface area contributed by atoms with Crippen molar-refractivity contribution < 1.29 is 51.3 Å². The van der Waals surface area contributed by atoms with E-state index in [4.69, 9.17) is 34.3 Å². The summed E-state index contributed by atoms with van der Waals surface area (Å²) in [5.74, 6) is 0. The molecule has 0 saturated carbocycles. The van der Waals surface area contributed by atoms with Gasteiger partial charge in [-0.1, -0.05) is 0 Å². The van der Waals surface area contributed by atoms with Gasteiger partial charge >= 0.3 is 17.1 Å². The van der Waals surface area contributed by atoms with Gasteiger partial charge in [0.1, 0.15) is 0 Å². The fourth-order valence-electron chi connectivity index (χ4n) is 0. The summed E-state index contributed by atoms with van der Waals surface area (Å²) in [5.41, 5.74) is 0. The van der Waals surface area contributed by atoms with Gasteiger partial charge in [-0.3, -0.25) is 4.57 Å². The van der Waals surface area contributed by atoms with Gasteiger partial charge in [0, 0.05) is 0 Å². The predicted octanol–water partition coefficient (Wildman–Crippen LogP) is -4.01. The number of rotatable bonds is 0. The summed E-state index contributed by atoms with van der Waals surface area (Å²) < 4.78 is 8.77. The van der Waals surface area contributed by atoms with Gasteiger partial charge < -0.3 is 29.7 Å². The van der Waals surface area contributed by atoms with Crippen molar-refractivity contribution in [2.24, 2.45) is 0 Å². The molecule has 10 heavy (non-hydrogen) atoms. The normalized spacial score (nSPS) is 8.30. The molecule has 0 saturated heterocycles. The molecule has 0 heterocycles. The molecule has 0 unspecified atom stereocenters. The summed E-state index contributed by atoms with van der Waals surface area (Å²) in [5, 5.41) is 16.7. The van der Waals surface area contributed by atoms with Crippen LogP contribution in [0.25, 0.3) is 0 Å². The van der Waals surface area contributed by atoms with E-state index in [1.165, 1.54) is 0 Å². The Morgan fingerprint density at radius 1 is 1.30 bits per heavy atom. The predicted molar refractivity (Wildman–Crippen MR) is 17.4 cm³/mol. The molecule has 7 nitrogen and oxygen atoms in total. The fourth-order valence-corrected chi connectivity index (χ4v) is 0. The molecule has 0 aromatic carbocycles. The van der Waals surface area contributed by atoms with E-state index in [1.54, 1.807) is 0 Å². The minimum absolute atomic E-state index is 0. The van der Waals surface area contributed by atoms with E-state index in [1.807, 2.05) is 0 Å². The maximum absolute atomic E-state index is 8.77. The molecular formula is CH2MnO7P. The van der Waals surface area contributed by atoms with Gasteiger partial charge in [-0.25, -0.2) is 0 Å². The summed E-state index contributed by atoms with van der Waals surface area (Å²) >= 11 is 0. The first-order valence-corrected chi connectivity index (χ1v) is 2.91. The molecule has 0 fully saturated rings. The van der Waals surface area contributed by atoms with Gasteiger partial charge in [0.05, 0.1) is 0 Å². The Labute approximate surface area is 66.0 Å². The molecular weight excluding hydrogens is 210 g/mol. The van der Waals surface area contributed by atoms with Crippen LogP contribution < -0.4 is 15.1 Å². The second-order valence-electron chi connectivity index (χ2n) is 0.741.